The SMILES string of the molecule is COc1cc(OC)cc(C(=O)N2CCC(C(=O)N3CCN(C(=O)C4CC4)CC3)CC2)c1. The summed E-state index contributed by atoms with van der Waals surface area (Å²) in [4.78, 5) is 43.7. The number of hydrogen-bond donors (Lipinski definition) is 0. The number of amides is 3. The Morgan fingerprint density at radius 2 is 1.13 bits per heavy atom. The van der Waals surface area contributed by atoms with E-state index in [1.807, 2.05) is 9.80 Å². The molecule has 0 radical (unpaired) electrons. The molecule has 0 N–H and O–H groups in total. The third-order valence-electron chi connectivity index (χ3n) is 6.56. The zero-order valence-corrected chi connectivity index (χ0v) is 18.3. The van der Waals surface area contributed by atoms with Crippen molar-refractivity contribution in [2.75, 3.05) is 53.5 Å². The fourth-order valence-corrected chi connectivity index (χ4v) is 4.44. The van der Waals surface area contributed by atoms with Gasteiger partial charge in [0.1, 0.15) is 11.5 Å². The lowest BCUT2D eigenvalue weighted by molar-refractivity contribution is -0.143. The molecule has 31 heavy (non-hydrogen) atoms. The zero-order valence-electron chi connectivity index (χ0n) is 18.3. The Hall–Kier alpha value is -2.77. The summed E-state index contributed by atoms with van der Waals surface area (Å²) in [6.45, 7) is 3.59. The average molecular weight is 430 g/mol. The molecule has 2 saturated heterocycles. The molecular formula is C23H31N3O5. The van der Waals surface area contributed by atoms with Crippen molar-refractivity contribution >= 4 is 17.7 Å². The number of rotatable bonds is 5. The number of piperidine rings is 1. The van der Waals surface area contributed by atoms with E-state index in [0.717, 1.165) is 12.8 Å². The summed E-state index contributed by atoms with van der Waals surface area (Å²) in [6, 6.07) is 5.16. The number of carbonyl (C=O) groups excluding carboxylic acids is 3. The highest BCUT2D eigenvalue weighted by Crippen LogP contribution is 2.31. The Balaban J connectivity index is 1.29. The number of ether oxygens (including phenoxy) is 2. The van der Waals surface area contributed by atoms with Crippen LogP contribution in [0.4, 0.5) is 0 Å². The van der Waals surface area contributed by atoms with Gasteiger partial charge in [-0.25, -0.2) is 0 Å². The molecule has 3 fully saturated rings. The van der Waals surface area contributed by atoms with Crippen LogP contribution in [0.3, 0.4) is 0 Å². The van der Waals surface area contributed by atoms with Crippen LogP contribution in [0, 0.1) is 11.8 Å². The molecule has 3 amide bonds. The van der Waals surface area contributed by atoms with Crippen LogP contribution < -0.4 is 9.47 Å². The predicted molar refractivity (Wildman–Crippen MR) is 114 cm³/mol. The Labute approximate surface area is 183 Å². The fraction of sp³-hybridized carbons (Fsp3) is 0.609. The monoisotopic (exact) mass is 429 g/mol. The first kappa shape index (κ1) is 21.5. The average Bonchev–Trinajstić information content (AvgIpc) is 3.68. The van der Waals surface area contributed by atoms with Crippen LogP contribution in [0.1, 0.15) is 36.0 Å². The van der Waals surface area contributed by atoms with Crippen molar-refractivity contribution in [3.05, 3.63) is 23.8 Å². The molecule has 1 aliphatic carbocycles. The summed E-state index contributed by atoms with van der Waals surface area (Å²) in [6.07, 6.45) is 3.34. The van der Waals surface area contributed by atoms with Crippen molar-refractivity contribution in [2.24, 2.45) is 11.8 Å². The Morgan fingerprint density at radius 3 is 1.55 bits per heavy atom. The quantitative estimate of drug-likeness (QED) is 0.711. The number of piperazine rings is 1. The minimum absolute atomic E-state index is 0.0606. The molecule has 0 aromatic heterocycles. The number of nitrogens with zero attached hydrogens (tertiary/aromatic N) is 3. The van der Waals surface area contributed by atoms with Crippen LogP contribution in [0.2, 0.25) is 0 Å². The highest BCUT2D eigenvalue weighted by molar-refractivity contribution is 5.95. The van der Waals surface area contributed by atoms with Gasteiger partial charge in [0.05, 0.1) is 14.2 Å². The summed E-state index contributed by atoms with van der Waals surface area (Å²) in [7, 11) is 3.11. The van der Waals surface area contributed by atoms with E-state index in [1.54, 1.807) is 37.3 Å². The number of methoxy groups -OCH3 is 2. The van der Waals surface area contributed by atoms with Gasteiger partial charge < -0.3 is 24.2 Å². The van der Waals surface area contributed by atoms with E-state index in [0.29, 0.717) is 69.2 Å². The second kappa shape index (κ2) is 9.16. The molecule has 3 aliphatic rings. The summed E-state index contributed by atoms with van der Waals surface area (Å²) >= 11 is 0. The van der Waals surface area contributed by atoms with Crippen molar-refractivity contribution < 1.29 is 23.9 Å². The molecule has 8 nitrogen and oxygen atoms in total. The van der Waals surface area contributed by atoms with E-state index in [-0.39, 0.29) is 29.6 Å². The number of benzene rings is 1. The van der Waals surface area contributed by atoms with Gasteiger partial charge in [-0.1, -0.05) is 0 Å². The molecule has 0 atom stereocenters. The van der Waals surface area contributed by atoms with Gasteiger partial charge in [-0.2, -0.15) is 0 Å². The van der Waals surface area contributed by atoms with Gasteiger partial charge in [0.2, 0.25) is 11.8 Å². The number of likely N-dealkylation sites (tertiary alicyclic amines) is 1. The molecule has 0 spiro atoms. The van der Waals surface area contributed by atoms with Crippen LogP contribution in [0.25, 0.3) is 0 Å². The molecule has 8 heteroatoms. The third-order valence-corrected chi connectivity index (χ3v) is 6.56. The predicted octanol–water partition coefficient (Wildman–Crippen LogP) is 1.64. The van der Waals surface area contributed by atoms with Crippen LogP contribution in [0.5, 0.6) is 11.5 Å². The van der Waals surface area contributed by atoms with E-state index in [1.165, 1.54) is 0 Å². The van der Waals surface area contributed by atoms with Crippen LogP contribution in [-0.2, 0) is 9.59 Å². The highest BCUT2D eigenvalue weighted by atomic mass is 16.5. The lowest BCUT2D eigenvalue weighted by atomic mass is 9.94. The summed E-state index contributed by atoms with van der Waals surface area (Å²) in [5.41, 5.74) is 0.525. The summed E-state index contributed by atoms with van der Waals surface area (Å²) < 4.78 is 10.5. The molecular weight excluding hydrogens is 398 g/mol. The van der Waals surface area contributed by atoms with Crippen molar-refractivity contribution in [1.29, 1.82) is 0 Å². The van der Waals surface area contributed by atoms with Gasteiger partial charge in [-0.05, 0) is 37.8 Å². The summed E-state index contributed by atoms with van der Waals surface area (Å²) in [5.74, 6) is 1.67. The second-order valence-electron chi connectivity index (χ2n) is 8.59. The second-order valence-corrected chi connectivity index (χ2v) is 8.59. The van der Waals surface area contributed by atoms with E-state index in [4.69, 9.17) is 9.47 Å². The molecule has 1 aromatic carbocycles. The Bertz CT molecular complexity index is 815. The van der Waals surface area contributed by atoms with Gasteiger partial charge in [-0.3, -0.25) is 14.4 Å². The van der Waals surface area contributed by atoms with Crippen molar-refractivity contribution in [2.45, 2.75) is 25.7 Å². The minimum atomic E-state index is -0.0738. The van der Waals surface area contributed by atoms with E-state index < -0.39 is 0 Å². The van der Waals surface area contributed by atoms with Crippen LogP contribution in [-0.4, -0.2) is 85.9 Å². The molecule has 2 heterocycles. The van der Waals surface area contributed by atoms with Gasteiger partial charge in [0.15, 0.2) is 0 Å². The Kier molecular flexibility index (Phi) is 6.34. The summed E-state index contributed by atoms with van der Waals surface area (Å²) in [5, 5.41) is 0. The first-order valence-corrected chi connectivity index (χ1v) is 11.1. The molecule has 2 aliphatic heterocycles. The van der Waals surface area contributed by atoms with E-state index in [9.17, 15) is 14.4 Å². The van der Waals surface area contributed by atoms with Gasteiger partial charge in [0, 0.05) is 62.7 Å². The maximum absolute atomic E-state index is 13.0. The molecule has 1 aromatic rings. The first-order valence-electron chi connectivity index (χ1n) is 11.1. The largest absolute Gasteiger partial charge is 0.497 e. The standard InChI is InChI=1S/C23H31N3O5/c1-30-19-13-18(14-20(15-19)31-2)23(29)24-7-5-17(6-8-24)22(28)26-11-9-25(10-12-26)21(27)16-3-4-16/h13-17H,3-12H2,1-2H3. The Morgan fingerprint density at radius 1 is 0.677 bits per heavy atom. The fourth-order valence-electron chi connectivity index (χ4n) is 4.44. The molecule has 0 bridgehead atoms. The molecule has 168 valence electrons. The van der Waals surface area contributed by atoms with E-state index >= 15 is 0 Å². The van der Waals surface area contributed by atoms with Crippen molar-refractivity contribution in [3.63, 3.8) is 0 Å². The first-order chi connectivity index (χ1) is 15.0. The number of hydrogen-bond acceptors (Lipinski definition) is 5. The normalized spacial score (nSPS) is 19.9. The van der Waals surface area contributed by atoms with Crippen LogP contribution >= 0.6 is 0 Å². The molecule has 1 saturated carbocycles. The maximum Gasteiger partial charge on any atom is 0.254 e. The van der Waals surface area contributed by atoms with Gasteiger partial charge in [-0.15, -0.1) is 0 Å². The molecule has 4 rings (SSSR count). The van der Waals surface area contributed by atoms with Gasteiger partial charge >= 0.3 is 0 Å². The topological polar surface area (TPSA) is 79.4 Å². The van der Waals surface area contributed by atoms with Gasteiger partial charge in [0.25, 0.3) is 5.91 Å². The third kappa shape index (κ3) is 4.78. The van der Waals surface area contributed by atoms with Crippen LogP contribution in [0.15, 0.2) is 18.2 Å². The smallest absolute Gasteiger partial charge is 0.254 e. The maximum atomic E-state index is 13.0. The number of carbonyl (C=O) groups is 3. The lowest BCUT2D eigenvalue weighted by Crippen LogP contribution is -2.53. The van der Waals surface area contributed by atoms with Crippen molar-refractivity contribution in [3.8, 4) is 11.5 Å². The molecule has 0 unspecified atom stereocenters. The zero-order chi connectivity index (χ0) is 22.0. The van der Waals surface area contributed by atoms with Crippen molar-refractivity contribution in [1.82, 2.24) is 14.7 Å². The van der Waals surface area contributed by atoms with E-state index in [2.05, 4.69) is 0 Å². The minimum Gasteiger partial charge on any atom is -0.497 e. The lowest BCUT2D eigenvalue weighted by Gasteiger charge is -2.38. The highest BCUT2D eigenvalue weighted by Gasteiger charge is 2.36.